The van der Waals surface area contributed by atoms with E-state index in [0.717, 1.165) is 55.6 Å². The average Bonchev–Trinajstić information content (AvgIpc) is 1.63. The molecular formula is C84H90N4O18S. The molecule has 0 bridgehead atoms. The van der Waals surface area contributed by atoms with Crippen LogP contribution in [-0.4, -0.2) is 134 Å². The smallest absolute Gasteiger partial charge is 0.426 e. The molecule has 5 aliphatic rings. The number of hydrogen-bond donors (Lipinski definition) is 4. The van der Waals surface area contributed by atoms with Crippen LogP contribution in [0, 0.1) is 0 Å². The lowest BCUT2D eigenvalue weighted by Crippen LogP contribution is -2.46. The first kappa shape index (κ1) is 78.4. The fourth-order valence-electron chi connectivity index (χ4n) is 13.7. The Morgan fingerprint density at radius 2 is 0.682 bits per heavy atom. The number of amides is 4. The van der Waals surface area contributed by atoms with Crippen LogP contribution in [0.5, 0.6) is 0 Å². The second-order valence-electron chi connectivity index (χ2n) is 28.2. The van der Waals surface area contributed by atoms with E-state index in [4.69, 9.17) is 37.7 Å². The van der Waals surface area contributed by atoms with Crippen LogP contribution in [0.3, 0.4) is 0 Å². The van der Waals surface area contributed by atoms with Crippen LogP contribution in [-0.2, 0) is 62.1 Å². The lowest BCUT2D eigenvalue weighted by atomic mass is 9.98. The van der Waals surface area contributed by atoms with E-state index in [2.05, 4.69) is 76.6 Å². The number of esters is 2. The Bertz CT molecular complexity index is 4400. The summed E-state index contributed by atoms with van der Waals surface area (Å²) in [4.78, 5) is 96.1. The second kappa shape index (κ2) is 34.4. The number of Topliss-reactive ketones (excluding diaryl/α,β-unsaturated/α-hetero) is 1. The van der Waals surface area contributed by atoms with Crippen LogP contribution >= 0.6 is 0 Å². The molecule has 1 heterocycles. The molecule has 22 nitrogen and oxygen atoms in total. The van der Waals surface area contributed by atoms with Gasteiger partial charge in [-0.1, -0.05) is 215 Å². The molecule has 4 N–H and O–H groups in total. The van der Waals surface area contributed by atoms with Crippen LogP contribution in [0.25, 0.3) is 44.5 Å². The molecule has 8 aromatic rings. The van der Waals surface area contributed by atoms with Crippen molar-refractivity contribution in [3.63, 3.8) is 0 Å². The zero-order valence-corrected chi connectivity index (χ0v) is 62.3. The topological polar surface area (TPSA) is 295 Å². The van der Waals surface area contributed by atoms with Crippen molar-refractivity contribution in [2.75, 3.05) is 33.0 Å². The highest BCUT2D eigenvalue weighted by atomic mass is 32.2. The summed E-state index contributed by atoms with van der Waals surface area (Å²) >= 11 is 0. The Labute approximate surface area is 623 Å². The molecule has 1 saturated heterocycles. The molecule has 8 aromatic carbocycles. The van der Waals surface area contributed by atoms with Gasteiger partial charge in [0, 0.05) is 23.7 Å². The van der Waals surface area contributed by atoms with E-state index in [-0.39, 0.29) is 55.9 Å². The summed E-state index contributed by atoms with van der Waals surface area (Å²) in [6.45, 7) is 17.2. The van der Waals surface area contributed by atoms with Crippen molar-refractivity contribution in [2.45, 2.75) is 148 Å². The maximum atomic E-state index is 12.8. The van der Waals surface area contributed by atoms with Gasteiger partial charge < -0.3 is 49.5 Å². The standard InChI is InChI=1S/C23H27NO4.C22H23NO7S.C20H21NO3.C19H19NO4/c1-5-20(21(25)28-23(2,3)4)24-22(26)27-14-19-17-12-8-6-10-15(17)16-11-7-9-13-18(16)19;1-22(2,3)30-20(24)19-13-29-31(26,27)23(19)21(25)28-12-18-16-10-6-4-8-14(16)15-9-5-7-11-17(15)18;1-3-19(13(2)22)21-20(23)24-12-18-16-10-6-4-8-14(16)15-9-5-7-11-17(15)18;1-2-17(18(21)22)20-19(23)24-11-16-14-9-5-3-7-12(14)13-8-4-6-10-15(13)16/h6-13,19-20H,5,14H2,1-4H3,(H,24,26);4-11,18-19H,12-13H2,1-3H3;4-11,18-19H,3,12H2,1-2H3,(H,21,23);3-10,16-17H,2,11H2,1H3,(H,20,23)(H,21,22)/t20-;2*19-;17-/m0000/s1. The van der Waals surface area contributed by atoms with Gasteiger partial charge in [-0.15, -0.1) is 0 Å². The van der Waals surface area contributed by atoms with Crippen molar-refractivity contribution in [1.82, 2.24) is 20.3 Å². The number of carboxylic acids is 1. The molecule has 0 radical (unpaired) electrons. The SMILES string of the molecule is CC(C)(C)OC(=O)[C@@H]1COS(=O)(=O)N1C(=O)OCC1c2ccccc2-c2ccccc21.CC[C@H](NC(=O)OCC1c2ccccc2-c2ccccc21)C(=O)O.CC[C@H](NC(=O)OCC1c2ccccc2-c2ccccc21)C(=O)OC(C)(C)C.CC[C@H](NC(=O)OCC1c2ccccc2-c2ccccc21)C(C)=O. The van der Waals surface area contributed by atoms with Crippen molar-refractivity contribution in [2.24, 2.45) is 0 Å². The number of alkyl carbamates (subject to hydrolysis) is 3. The Balaban J connectivity index is 0.000000153. The summed E-state index contributed by atoms with van der Waals surface area (Å²) in [5.74, 6) is -2.72. The lowest BCUT2D eigenvalue weighted by molar-refractivity contribution is -0.159. The zero-order valence-electron chi connectivity index (χ0n) is 61.5. The summed E-state index contributed by atoms with van der Waals surface area (Å²) in [5.41, 5.74) is 16.5. The van der Waals surface area contributed by atoms with Gasteiger partial charge >= 0.3 is 52.6 Å². The van der Waals surface area contributed by atoms with Gasteiger partial charge in [-0.25, -0.2) is 33.6 Å². The fourth-order valence-corrected chi connectivity index (χ4v) is 14.8. The molecule has 0 aromatic heterocycles. The van der Waals surface area contributed by atoms with E-state index in [1.54, 1.807) is 48.5 Å². The maximum absolute atomic E-state index is 12.8. The highest BCUT2D eigenvalue weighted by Crippen LogP contribution is 2.48. The van der Waals surface area contributed by atoms with Crippen molar-refractivity contribution < 1.29 is 84.5 Å². The molecule has 1 fully saturated rings. The van der Waals surface area contributed by atoms with E-state index in [0.29, 0.717) is 23.6 Å². The van der Waals surface area contributed by atoms with Crippen molar-refractivity contribution >= 4 is 58.4 Å². The first-order chi connectivity index (χ1) is 51.1. The minimum atomic E-state index is -4.44. The first-order valence-electron chi connectivity index (χ1n) is 35.7. The van der Waals surface area contributed by atoms with Gasteiger partial charge in [-0.3, -0.25) is 8.98 Å². The monoisotopic (exact) mass is 1470 g/mol. The van der Waals surface area contributed by atoms with Crippen LogP contribution in [0.2, 0.25) is 0 Å². The molecule has 0 saturated carbocycles. The highest BCUT2D eigenvalue weighted by molar-refractivity contribution is 7.85. The Kier molecular flexibility index (Phi) is 25.2. The summed E-state index contributed by atoms with van der Waals surface area (Å²) < 4.78 is 61.8. The van der Waals surface area contributed by atoms with Crippen molar-refractivity contribution in [1.29, 1.82) is 0 Å². The maximum Gasteiger partial charge on any atom is 0.426 e. The predicted molar refractivity (Wildman–Crippen MR) is 402 cm³/mol. The number of ether oxygens (including phenoxy) is 6. The van der Waals surface area contributed by atoms with Gasteiger partial charge in [-0.2, -0.15) is 12.7 Å². The molecule has 1 aliphatic heterocycles. The predicted octanol–water partition coefficient (Wildman–Crippen LogP) is 15.1. The van der Waals surface area contributed by atoms with Gasteiger partial charge in [0.1, 0.15) is 56.3 Å². The highest BCUT2D eigenvalue weighted by Gasteiger charge is 2.50. The number of nitrogens with zero attached hydrogens (tertiary/aromatic N) is 1. The van der Waals surface area contributed by atoms with E-state index >= 15 is 0 Å². The molecule has 4 aliphatic carbocycles. The number of carbonyl (C=O) groups is 8. The number of ketones is 1. The average molecular weight is 1480 g/mol. The molecular weight excluding hydrogens is 1390 g/mol. The van der Waals surface area contributed by atoms with Gasteiger partial charge in [0.2, 0.25) is 0 Å². The molecule has 23 heteroatoms. The third-order valence-electron chi connectivity index (χ3n) is 18.7. The Morgan fingerprint density at radius 3 is 0.944 bits per heavy atom. The van der Waals surface area contributed by atoms with Crippen LogP contribution in [0.4, 0.5) is 19.2 Å². The van der Waals surface area contributed by atoms with E-state index in [9.17, 15) is 46.8 Å². The van der Waals surface area contributed by atoms with Gasteiger partial charge in [0.15, 0.2) is 11.8 Å². The third-order valence-corrected chi connectivity index (χ3v) is 20.0. The largest absolute Gasteiger partial charge is 0.480 e. The number of carboxylic acid groups (broad SMARTS) is 1. The summed E-state index contributed by atoms with van der Waals surface area (Å²) in [6.07, 6.45) is -1.74. The number of rotatable bonds is 18. The molecule has 4 amide bonds. The molecule has 0 spiro atoms. The van der Waals surface area contributed by atoms with E-state index < -0.39 is 94.6 Å². The Hall–Kier alpha value is -11.2. The first-order valence-corrected chi connectivity index (χ1v) is 37.0. The summed E-state index contributed by atoms with van der Waals surface area (Å²) in [6, 6.07) is 60.8. The van der Waals surface area contributed by atoms with E-state index in [1.165, 1.54) is 40.3 Å². The van der Waals surface area contributed by atoms with Crippen LogP contribution in [0.1, 0.15) is 157 Å². The molecule has 560 valence electrons. The fraction of sp³-hybridized carbons (Fsp3) is 0.333. The van der Waals surface area contributed by atoms with Gasteiger partial charge in [-0.05, 0) is 157 Å². The quantitative estimate of drug-likeness (QED) is 0.0458. The number of fused-ring (bicyclic) bond motifs is 12. The number of nitrogens with one attached hydrogen (secondary N) is 3. The molecule has 107 heavy (non-hydrogen) atoms. The molecule has 0 unspecified atom stereocenters. The number of aliphatic carboxylic acids is 1. The summed E-state index contributed by atoms with van der Waals surface area (Å²) in [5, 5.41) is 16.6. The molecule has 4 atom stereocenters. The van der Waals surface area contributed by atoms with Crippen LogP contribution < -0.4 is 16.0 Å². The Morgan fingerprint density at radius 1 is 0.421 bits per heavy atom. The number of hydrogen-bond acceptors (Lipinski definition) is 17. The van der Waals surface area contributed by atoms with Crippen LogP contribution in [0.15, 0.2) is 194 Å². The normalized spacial score (nSPS) is 15.5. The number of carbonyl (C=O) groups excluding carboxylic acids is 7. The third kappa shape index (κ3) is 18.7. The van der Waals surface area contributed by atoms with Gasteiger partial charge in [0.25, 0.3) is 0 Å². The lowest BCUT2D eigenvalue weighted by Gasteiger charge is -2.25. The minimum absolute atomic E-state index is 0.0141. The minimum Gasteiger partial charge on any atom is -0.480 e. The van der Waals surface area contributed by atoms with Gasteiger partial charge in [0.05, 0.1) is 6.04 Å². The zero-order chi connectivity index (χ0) is 76.9. The van der Waals surface area contributed by atoms with E-state index in [1.807, 2.05) is 147 Å². The summed E-state index contributed by atoms with van der Waals surface area (Å²) in [7, 11) is -4.44. The number of benzene rings is 8. The van der Waals surface area contributed by atoms with Crippen molar-refractivity contribution in [3.8, 4) is 44.5 Å². The van der Waals surface area contributed by atoms with Crippen molar-refractivity contribution in [3.05, 3.63) is 239 Å². The molecule has 13 rings (SSSR count). The second-order valence-corrected chi connectivity index (χ2v) is 29.7.